The highest BCUT2D eigenvalue weighted by atomic mass is 35.5. The molecule has 2 aromatic rings. The van der Waals surface area contributed by atoms with Crippen LogP contribution in [-0.4, -0.2) is 25.5 Å². The number of hydrogen-bond acceptors (Lipinski definition) is 4. The van der Waals surface area contributed by atoms with E-state index in [0.29, 0.717) is 40.1 Å². The van der Waals surface area contributed by atoms with Crippen LogP contribution in [0.15, 0.2) is 36.4 Å². The fraction of sp³-hybridized carbons (Fsp3) is 0.300. The second-order valence-electron chi connectivity index (χ2n) is 5.93. The molecule has 0 saturated carbocycles. The minimum absolute atomic E-state index is 0.146. The van der Waals surface area contributed by atoms with Crippen molar-refractivity contribution in [3.8, 4) is 11.5 Å². The lowest BCUT2D eigenvalue weighted by Crippen LogP contribution is -2.41. The maximum absolute atomic E-state index is 12.3. The molecule has 6 nitrogen and oxygen atoms in total. The number of rotatable bonds is 8. The number of halogens is 2. The summed E-state index contributed by atoms with van der Waals surface area (Å²) in [7, 11) is 1.50. The SMILES string of the molecule is CCCOc1ccc(C(=O)NNC(=O)CCc2cccc(Cl)c2Cl)cc1OC. The van der Waals surface area contributed by atoms with E-state index in [9.17, 15) is 9.59 Å². The van der Waals surface area contributed by atoms with Crippen molar-refractivity contribution >= 4 is 35.0 Å². The van der Waals surface area contributed by atoms with Gasteiger partial charge in [0.25, 0.3) is 5.91 Å². The van der Waals surface area contributed by atoms with Crippen LogP contribution in [0.3, 0.4) is 0 Å². The van der Waals surface area contributed by atoms with Crippen molar-refractivity contribution in [1.82, 2.24) is 10.9 Å². The first kappa shape index (κ1) is 21.9. The Hall–Kier alpha value is -2.44. The summed E-state index contributed by atoms with van der Waals surface area (Å²) in [6.07, 6.45) is 1.41. The molecule has 0 bridgehead atoms. The summed E-state index contributed by atoms with van der Waals surface area (Å²) < 4.78 is 10.8. The van der Waals surface area contributed by atoms with Gasteiger partial charge in [-0.3, -0.25) is 20.4 Å². The van der Waals surface area contributed by atoms with Gasteiger partial charge in [0.2, 0.25) is 5.91 Å². The third kappa shape index (κ3) is 6.04. The van der Waals surface area contributed by atoms with Crippen molar-refractivity contribution in [2.24, 2.45) is 0 Å². The van der Waals surface area contributed by atoms with E-state index in [2.05, 4.69) is 10.9 Å². The normalized spacial score (nSPS) is 10.3. The highest BCUT2D eigenvalue weighted by Gasteiger charge is 2.13. The van der Waals surface area contributed by atoms with Gasteiger partial charge in [-0.05, 0) is 42.7 Å². The van der Waals surface area contributed by atoms with Gasteiger partial charge in [-0.15, -0.1) is 0 Å². The van der Waals surface area contributed by atoms with Crippen molar-refractivity contribution in [2.45, 2.75) is 26.2 Å². The van der Waals surface area contributed by atoms with E-state index in [-0.39, 0.29) is 12.3 Å². The Balaban J connectivity index is 1.89. The Bertz CT molecular complexity index is 843. The van der Waals surface area contributed by atoms with Crippen LogP contribution in [0, 0.1) is 0 Å². The predicted octanol–water partition coefficient (Wildman–Crippen LogP) is 4.18. The van der Waals surface area contributed by atoms with E-state index in [4.69, 9.17) is 32.7 Å². The first-order valence-electron chi connectivity index (χ1n) is 8.79. The number of carbonyl (C=O) groups excluding carboxylic acids is 2. The number of hydrazine groups is 1. The topological polar surface area (TPSA) is 76.7 Å². The van der Waals surface area contributed by atoms with Gasteiger partial charge in [0.05, 0.1) is 23.8 Å². The van der Waals surface area contributed by atoms with Gasteiger partial charge in [-0.25, -0.2) is 0 Å². The Kier molecular flexibility index (Phi) is 8.42. The molecule has 0 fully saturated rings. The molecule has 8 heteroatoms. The molecule has 150 valence electrons. The lowest BCUT2D eigenvalue weighted by Gasteiger charge is -2.12. The van der Waals surface area contributed by atoms with Crippen molar-refractivity contribution < 1.29 is 19.1 Å². The van der Waals surface area contributed by atoms with Gasteiger partial charge >= 0.3 is 0 Å². The third-order valence-corrected chi connectivity index (χ3v) is 4.71. The molecule has 0 aliphatic carbocycles. The molecule has 2 aromatic carbocycles. The maximum Gasteiger partial charge on any atom is 0.269 e. The Morgan fingerprint density at radius 3 is 2.57 bits per heavy atom. The molecule has 0 aliphatic heterocycles. The zero-order chi connectivity index (χ0) is 20.5. The first-order valence-corrected chi connectivity index (χ1v) is 9.54. The van der Waals surface area contributed by atoms with E-state index in [1.165, 1.54) is 7.11 Å². The number of amides is 2. The molecule has 2 rings (SSSR count). The zero-order valence-corrected chi connectivity index (χ0v) is 17.2. The Morgan fingerprint density at radius 2 is 1.86 bits per heavy atom. The first-order chi connectivity index (χ1) is 13.5. The van der Waals surface area contributed by atoms with Crippen molar-refractivity contribution in [3.63, 3.8) is 0 Å². The average Bonchev–Trinajstić information content (AvgIpc) is 2.71. The lowest BCUT2D eigenvalue weighted by molar-refractivity contribution is -0.121. The van der Waals surface area contributed by atoms with Crippen LogP contribution in [0.1, 0.15) is 35.7 Å². The van der Waals surface area contributed by atoms with E-state index in [1.807, 2.05) is 6.92 Å². The number of carbonyl (C=O) groups is 2. The standard InChI is InChI=1S/C20H22Cl2N2O4/c1-3-11-28-16-9-7-14(12-17(16)27-2)20(26)24-23-18(25)10-8-13-5-4-6-15(21)19(13)22/h4-7,9,12H,3,8,10-11H2,1-2H3,(H,23,25)(H,24,26). The summed E-state index contributed by atoms with van der Waals surface area (Å²) in [4.78, 5) is 24.3. The molecule has 28 heavy (non-hydrogen) atoms. The van der Waals surface area contributed by atoms with Crippen molar-refractivity contribution in [1.29, 1.82) is 0 Å². The molecule has 0 unspecified atom stereocenters. The Morgan fingerprint density at radius 1 is 1.07 bits per heavy atom. The fourth-order valence-electron chi connectivity index (χ4n) is 2.39. The van der Waals surface area contributed by atoms with Gasteiger partial charge in [-0.1, -0.05) is 42.3 Å². The van der Waals surface area contributed by atoms with E-state index < -0.39 is 5.91 Å². The molecule has 2 amide bonds. The number of methoxy groups -OCH3 is 1. The molecule has 0 radical (unpaired) electrons. The summed E-state index contributed by atoms with van der Waals surface area (Å²) in [5.74, 6) is 0.195. The molecular weight excluding hydrogens is 403 g/mol. The van der Waals surface area contributed by atoms with Crippen LogP contribution < -0.4 is 20.3 Å². The number of ether oxygens (including phenoxy) is 2. The van der Waals surface area contributed by atoms with Crippen molar-refractivity contribution in [3.05, 3.63) is 57.6 Å². The van der Waals surface area contributed by atoms with Gasteiger partial charge < -0.3 is 9.47 Å². The van der Waals surface area contributed by atoms with Crippen LogP contribution in [0.25, 0.3) is 0 Å². The molecule has 0 atom stereocenters. The minimum atomic E-state index is -0.463. The van der Waals surface area contributed by atoms with Crippen LogP contribution in [0.4, 0.5) is 0 Å². The highest BCUT2D eigenvalue weighted by molar-refractivity contribution is 6.42. The summed E-state index contributed by atoms with van der Waals surface area (Å²) in [6.45, 7) is 2.55. The second-order valence-corrected chi connectivity index (χ2v) is 6.71. The fourth-order valence-corrected chi connectivity index (χ4v) is 2.81. The van der Waals surface area contributed by atoms with Gasteiger partial charge in [0.15, 0.2) is 11.5 Å². The monoisotopic (exact) mass is 424 g/mol. The summed E-state index contributed by atoms with van der Waals surface area (Å²) in [5.41, 5.74) is 5.87. The minimum Gasteiger partial charge on any atom is -0.493 e. The molecule has 0 spiro atoms. The quantitative estimate of drug-likeness (QED) is 0.622. The summed E-state index contributed by atoms with van der Waals surface area (Å²) in [6, 6.07) is 10.1. The number of nitrogens with one attached hydrogen (secondary N) is 2. The van der Waals surface area contributed by atoms with Crippen molar-refractivity contribution in [2.75, 3.05) is 13.7 Å². The number of hydrogen-bond donors (Lipinski definition) is 2. The number of aryl methyl sites for hydroxylation is 1. The predicted molar refractivity (Wildman–Crippen MR) is 109 cm³/mol. The van der Waals surface area contributed by atoms with E-state index in [0.717, 1.165) is 12.0 Å². The lowest BCUT2D eigenvalue weighted by atomic mass is 10.1. The van der Waals surface area contributed by atoms with Gasteiger partial charge in [-0.2, -0.15) is 0 Å². The molecule has 2 N–H and O–H groups in total. The smallest absolute Gasteiger partial charge is 0.269 e. The van der Waals surface area contributed by atoms with Crippen LogP contribution in [-0.2, 0) is 11.2 Å². The highest BCUT2D eigenvalue weighted by Crippen LogP contribution is 2.28. The van der Waals surface area contributed by atoms with E-state index >= 15 is 0 Å². The average molecular weight is 425 g/mol. The second kappa shape index (κ2) is 10.8. The molecule has 0 aromatic heterocycles. The molecular formula is C20H22Cl2N2O4. The summed E-state index contributed by atoms with van der Waals surface area (Å²) in [5, 5.41) is 0.867. The third-order valence-electron chi connectivity index (χ3n) is 3.86. The molecule has 0 saturated heterocycles. The maximum atomic E-state index is 12.3. The van der Waals surface area contributed by atoms with Gasteiger partial charge in [0.1, 0.15) is 0 Å². The molecule has 0 heterocycles. The van der Waals surface area contributed by atoms with Gasteiger partial charge in [0, 0.05) is 12.0 Å². The number of benzene rings is 2. The Labute approximate surface area is 174 Å². The largest absolute Gasteiger partial charge is 0.493 e. The van der Waals surface area contributed by atoms with Crippen LogP contribution in [0.2, 0.25) is 10.0 Å². The summed E-state index contributed by atoms with van der Waals surface area (Å²) >= 11 is 12.1. The zero-order valence-electron chi connectivity index (χ0n) is 15.7. The van der Waals surface area contributed by atoms with E-state index in [1.54, 1.807) is 36.4 Å². The van der Waals surface area contributed by atoms with Crippen LogP contribution in [0.5, 0.6) is 11.5 Å². The molecule has 0 aliphatic rings. The van der Waals surface area contributed by atoms with Crippen LogP contribution >= 0.6 is 23.2 Å².